The molecule has 4 rings (SSSR count). The Morgan fingerprint density at radius 1 is 1.12 bits per heavy atom. The van der Waals surface area contributed by atoms with Crippen LogP contribution in [0.25, 0.3) is 0 Å². The van der Waals surface area contributed by atoms with Gasteiger partial charge in [0.1, 0.15) is 5.75 Å². The van der Waals surface area contributed by atoms with Gasteiger partial charge < -0.3 is 15.1 Å². The Balaban J connectivity index is 1.43. The van der Waals surface area contributed by atoms with Crippen molar-refractivity contribution in [3.63, 3.8) is 0 Å². The van der Waals surface area contributed by atoms with Gasteiger partial charge in [-0.05, 0) is 59.2 Å². The summed E-state index contributed by atoms with van der Waals surface area (Å²) in [5, 5.41) is 19.6. The molecule has 1 atom stereocenters. The molecule has 2 aromatic carbocycles. The largest absolute Gasteiger partial charge is 0.494 e. The van der Waals surface area contributed by atoms with Crippen molar-refractivity contribution in [2.45, 2.75) is 31.6 Å². The quantitative estimate of drug-likeness (QED) is 0.409. The third-order valence-electron chi connectivity index (χ3n) is 5.66. The third-order valence-corrected chi connectivity index (χ3v) is 5.90. The number of fused-ring (bicyclic) bond motifs is 2. The van der Waals surface area contributed by atoms with Crippen LogP contribution in [0.4, 0.5) is 0 Å². The number of ether oxygens (including phenoxy) is 1. The molecule has 0 unspecified atom stereocenters. The highest BCUT2D eigenvalue weighted by Gasteiger charge is 2.24. The number of aromatic nitrogens is 1. The number of hydrogen-bond acceptors (Lipinski definition) is 4. The number of carboxylic acid groups (broad SMARTS) is 1. The first-order valence-corrected chi connectivity index (χ1v) is 11.0. The van der Waals surface area contributed by atoms with Gasteiger partial charge in [0.05, 0.1) is 13.0 Å². The molecule has 0 saturated carbocycles. The van der Waals surface area contributed by atoms with Crippen LogP contribution in [-0.2, 0) is 17.6 Å². The van der Waals surface area contributed by atoms with Crippen LogP contribution in [0.3, 0.4) is 0 Å². The Bertz CT molecular complexity index is 1190. The summed E-state index contributed by atoms with van der Waals surface area (Å²) in [5.41, 5.74) is 5.04. The summed E-state index contributed by atoms with van der Waals surface area (Å²) in [6, 6.07) is 17.4. The summed E-state index contributed by atoms with van der Waals surface area (Å²) >= 11 is 5.93. The topological polar surface area (TPSA) is 84.0 Å². The molecular weight excluding hydrogens is 428 g/mol. The van der Waals surface area contributed by atoms with Crippen LogP contribution in [0.5, 0.6) is 5.75 Å². The van der Waals surface area contributed by atoms with E-state index in [-0.39, 0.29) is 12.3 Å². The van der Waals surface area contributed by atoms with Crippen molar-refractivity contribution in [3.8, 4) is 5.75 Å². The minimum atomic E-state index is -0.775. The van der Waals surface area contributed by atoms with Crippen molar-refractivity contribution in [3.05, 3.63) is 93.6 Å². The molecule has 3 aromatic rings. The van der Waals surface area contributed by atoms with Crippen LogP contribution in [0, 0.1) is 0 Å². The summed E-state index contributed by atoms with van der Waals surface area (Å²) in [7, 11) is 0. The van der Waals surface area contributed by atoms with Crippen molar-refractivity contribution in [1.82, 2.24) is 4.73 Å². The molecule has 1 heterocycles. The second-order valence-corrected chi connectivity index (χ2v) is 8.37. The van der Waals surface area contributed by atoms with E-state index in [1.165, 1.54) is 22.9 Å². The summed E-state index contributed by atoms with van der Waals surface area (Å²) in [5.74, 6) is -0.0138. The molecule has 0 radical (unpaired) electrons. The van der Waals surface area contributed by atoms with Crippen molar-refractivity contribution >= 4 is 17.6 Å². The van der Waals surface area contributed by atoms with Crippen molar-refractivity contribution in [1.29, 1.82) is 0 Å². The maximum Gasteiger partial charge on any atom is 0.303 e. The van der Waals surface area contributed by atoms with Gasteiger partial charge in [0.15, 0.2) is 5.49 Å². The highest BCUT2D eigenvalue weighted by molar-refractivity contribution is 6.30. The second kappa shape index (κ2) is 9.92. The molecule has 0 aliphatic heterocycles. The van der Waals surface area contributed by atoms with Crippen LogP contribution >= 0.6 is 11.6 Å². The first kappa shape index (κ1) is 22.0. The lowest BCUT2D eigenvalue weighted by Gasteiger charge is -2.16. The lowest BCUT2D eigenvalue weighted by Crippen LogP contribution is -2.18. The van der Waals surface area contributed by atoms with Gasteiger partial charge >= 0.3 is 5.97 Å². The number of halogens is 1. The second-order valence-electron chi connectivity index (χ2n) is 7.94. The van der Waals surface area contributed by atoms with Crippen molar-refractivity contribution in [2.24, 2.45) is 4.99 Å². The van der Waals surface area contributed by atoms with Gasteiger partial charge in [0.25, 0.3) is 0 Å². The monoisotopic (exact) mass is 452 g/mol. The molecule has 1 aliphatic rings. The third kappa shape index (κ3) is 5.32. The Labute approximate surface area is 191 Å². The number of hydrogen-bond donors (Lipinski definition) is 2. The molecule has 0 bridgehead atoms. The summed E-state index contributed by atoms with van der Waals surface area (Å²) < 4.78 is 6.87. The lowest BCUT2D eigenvalue weighted by molar-refractivity contribution is -0.137. The van der Waals surface area contributed by atoms with E-state index in [0.717, 1.165) is 22.5 Å². The number of nitrogens with zero attached hydrogens (tertiary/aromatic N) is 2. The van der Waals surface area contributed by atoms with Crippen LogP contribution in [0.15, 0.2) is 65.8 Å². The molecule has 6 nitrogen and oxygen atoms in total. The van der Waals surface area contributed by atoms with E-state index in [0.29, 0.717) is 36.5 Å². The molecule has 0 fully saturated rings. The van der Waals surface area contributed by atoms with E-state index in [1.807, 2.05) is 24.3 Å². The average Bonchev–Trinajstić information content (AvgIpc) is 2.91. The van der Waals surface area contributed by atoms with Gasteiger partial charge in [-0.3, -0.25) is 9.79 Å². The van der Waals surface area contributed by atoms with Crippen LogP contribution in [0.1, 0.15) is 41.0 Å². The lowest BCUT2D eigenvalue weighted by atomic mass is 9.89. The predicted octanol–water partition coefficient (Wildman–Crippen LogP) is 4.45. The zero-order chi connectivity index (χ0) is 22.5. The van der Waals surface area contributed by atoms with Gasteiger partial charge in [-0.1, -0.05) is 41.9 Å². The summed E-state index contributed by atoms with van der Waals surface area (Å²) in [6.07, 6.45) is 3.73. The highest BCUT2D eigenvalue weighted by atomic mass is 35.5. The molecular formula is C25H25ClN2O4. The number of aliphatic carboxylic acids is 1. The van der Waals surface area contributed by atoms with Gasteiger partial charge in [-0.2, -0.15) is 4.73 Å². The zero-order valence-corrected chi connectivity index (χ0v) is 18.3. The Hall–Kier alpha value is -3.25. The zero-order valence-electron chi connectivity index (χ0n) is 17.6. The van der Waals surface area contributed by atoms with Gasteiger partial charge in [0.2, 0.25) is 0 Å². The molecule has 0 saturated heterocycles. The summed E-state index contributed by atoms with van der Waals surface area (Å²) in [4.78, 5) is 15.7. The fourth-order valence-electron chi connectivity index (χ4n) is 4.14. The minimum absolute atomic E-state index is 0.0286. The van der Waals surface area contributed by atoms with Gasteiger partial charge in [-0.15, -0.1) is 0 Å². The van der Waals surface area contributed by atoms with E-state index >= 15 is 0 Å². The molecule has 0 spiro atoms. The van der Waals surface area contributed by atoms with Crippen molar-refractivity contribution in [2.75, 3.05) is 13.2 Å². The number of carbonyl (C=O) groups is 1. The molecule has 7 heteroatoms. The smallest absolute Gasteiger partial charge is 0.303 e. The molecule has 166 valence electrons. The minimum Gasteiger partial charge on any atom is -0.494 e. The fraction of sp³-hybridized carbons (Fsp3) is 0.280. The van der Waals surface area contributed by atoms with E-state index in [4.69, 9.17) is 16.3 Å². The molecule has 0 amide bonds. The number of benzene rings is 2. The first-order chi connectivity index (χ1) is 15.5. The standard InChI is InChI=1S/C25H25ClN2O4/c26-21-8-10-28(31)24(16-21)27-9-3-11-32-22-7-6-17-12-20(15-25(29)30)23-5-2-1-4-18(23)13-19(17)14-22/h1-2,4-8,10,14,16,20,31H,3,9,11-13,15H2,(H,29,30)/t20-/m0/s1. The molecule has 32 heavy (non-hydrogen) atoms. The SMILES string of the molecule is O=C(O)C[C@@H]1Cc2ccc(OCCCN=c3cc(Cl)ccn3O)cc2Cc2ccccc21. The average molecular weight is 453 g/mol. The molecule has 1 aliphatic carbocycles. The fourth-order valence-corrected chi connectivity index (χ4v) is 4.30. The van der Waals surface area contributed by atoms with Crippen LogP contribution in [-0.4, -0.2) is 34.2 Å². The maximum absolute atomic E-state index is 11.4. The highest BCUT2D eigenvalue weighted by Crippen LogP contribution is 2.35. The molecule has 1 aromatic heterocycles. The van der Waals surface area contributed by atoms with Crippen molar-refractivity contribution < 1.29 is 19.8 Å². The number of carboxylic acids is 1. The van der Waals surface area contributed by atoms with Crippen LogP contribution in [0.2, 0.25) is 5.02 Å². The Kier molecular flexibility index (Phi) is 6.81. The van der Waals surface area contributed by atoms with E-state index in [1.54, 1.807) is 12.1 Å². The first-order valence-electron chi connectivity index (χ1n) is 10.6. The Morgan fingerprint density at radius 2 is 1.97 bits per heavy atom. The van der Waals surface area contributed by atoms with E-state index < -0.39 is 5.97 Å². The normalized spacial score (nSPS) is 15.5. The Morgan fingerprint density at radius 3 is 2.81 bits per heavy atom. The van der Waals surface area contributed by atoms with Gasteiger partial charge in [-0.25, -0.2) is 0 Å². The van der Waals surface area contributed by atoms with Crippen LogP contribution < -0.4 is 10.2 Å². The van der Waals surface area contributed by atoms with E-state index in [9.17, 15) is 15.1 Å². The van der Waals surface area contributed by atoms with Gasteiger partial charge in [0, 0.05) is 30.3 Å². The van der Waals surface area contributed by atoms with E-state index in [2.05, 4.69) is 23.2 Å². The summed E-state index contributed by atoms with van der Waals surface area (Å²) in [6.45, 7) is 0.989. The number of pyridine rings is 1. The maximum atomic E-state index is 11.4. The number of rotatable bonds is 7. The predicted molar refractivity (Wildman–Crippen MR) is 122 cm³/mol. The molecule has 2 N–H and O–H groups in total.